The summed E-state index contributed by atoms with van der Waals surface area (Å²) in [6, 6.07) is 37.1. The Bertz CT molecular complexity index is 3170. The van der Waals surface area contributed by atoms with Crippen molar-refractivity contribution < 1.29 is 33.1 Å². The van der Waals surface area contributed by atoms with Crippen LogP contribution in [0.15, 0.2) is 112 Å². The van der Waals surface area contributed by atoms with Crippen LogP contribution in [0, 0.1) is 19.0 Å². The molecule has 4 aromatic heterocycles. The van der Waals surface area contributed by atoms with Crippen molar-refractivity contribution in [2.75, 3.05) is 0 Å². The van der Waals surface area contributed by atoms with E-state index in [1.807, 2.05) is 48.7 Å². The average Bonchev–Trinajstić information content (AvgIpc) is 3.85. The third kappa shape index (κ3) is 9.10. The van der Waals surface area contributed by atoms with E-state index < -0.39 is 6.85 Å². The fourth-order valence-corrected chi connectivity index (χ4v) is 8.48. The van der Waals surface area contributed by atoms with Crippen LogP contribution in [0.1, 0.15) is 150 Å². The number of aromatic nitrogens is 3. The van der Waals surface area contributed by atoms with E-state index in [9.17, 15) is 0 Å². The number of hydrogen-bond donors (Lipinski definition) is 0. The SMILES string of the molecule is CC(C)(C)c1ccc(-c2[c-]cccc2)nc1.[2H]C([2H])([2H])c1c[c-]c(-c2cc(C(C)(C)C)ncn2)c2oc3c(ccc4c5cccc(Cc6c(C(C)C)cc(C(C)C)cc6C(C)C)c5oc43)c12.[Ir]. The monoisotopic (exact) mass is 1030 g/mol. The molecule has 64 heavy (non-hydrogen) atoms. The van der Waals surface area contributed by atoms with Crippen molar-refractivity contribution in [1.82, 2.24) is 15.0 Å². The molecule has 0 saturated heterocycles. The fourth-order valence-electron chi connectivity index (χ4n) is 8.48. The summed E-state index contributed by atoms with van der Waals surface area (Å²) in [4.78, 5) is 13.6. The molecule has 0 aliphatic rings. The Labute approximate surface area is 397 Å². The van der Waals surface area contributed by atoms with Gasteiger partial charge in [0.15, 0.2) is 11.2 Å². The smallest absolute Gasteiger partial charge is 0.177 e. The second kappa shape index (κ2) is 18.2. The van der Waals surface area contributed by atoms with E-state index >= 15 is 0 Å². The minimum atomic E-state index is -2.38. The Balaban J connectivity index is 0.000000331. The van der Waals surface area contributed by atoms with E-state index in [2.05, 4.69) is 153 Å². The first kappa shape index (κ1) is 42.5. The second-order valence-electron chi connectivity index (χ2n) is 19.9. The van der Waals surface area contributed by atoms with Gasteiger partial charge >= 0.3 is 0 Å². The molecule has 0 atom stereocenters. The van der Waals surface area contributed by atoms with Gasteiger partial charge in [-0.1, -0.05) is 155 Å². The van der Waals surface area contributed by atoms with Crippen LogP contribution in [0.4, 0.5) is 0 Å². The van der Waals surface area contributed by atoms with Crippen LogP contribution < -0.4 is 0 Å². The number of furan rings is 2. The van der Waals surface area contributed by atoms with Gasteiger partial charge in [0.05, 0.1) is 5.58 Å². The largest absolute Gasteiger partial charge is 0.497 e. The molecule has 0 aliphatic carbocycles. The number of pyridine rings is 1. The maximum atomic E-state index is 8.40. The van der Waals surface area contributed by atoms with Crippen LogP contribution in [0.5, 0.6) is 0 Å². The first-order valence-electron chi connectivity index (χ1n) is 23.8. The molecule has 331 valence electrons. The molecule has 6 heteroatoms. The molecule has 0 aliphatic heterocycles. The molecular formula is C58H61IrN3O2-2. The Morgan fingerprint density at radius 2 is 1.33 bits per heavy atom. The van der Waals surface area contributed by atoms with Crippen molar-refractivity contribution >= 4 is 43.9 Å². The maximum Gasteiger partial charge on any atom is 0.177 e. The summed E-state index contributed by atoms with van der Waals surface area (Å²) in [5, 5.41) is 3.15. The van der Waals surface area contributed by atoms with E-state index in [4.69, 9.17) is 12.9 Å². The first-order valence-corrected chi connectivity index (χ1v) is 22.3. The van der Waals surface area contributed by atoms with Gasteiger partial charge in [0, 0.05) is 64.1 Å². The predicted molar refractivity (Wildman–Crippen MR) is 263 cm³/mol. The number of fused-ring (bicyclic) bond motifs is 7. The average molecular weight is 1030 g/mol. The summed E-state index contributed by atoms with van der Waals surface area (Å²) in [7, 11) is 0. The molecule has 0 fully saturated rings. The zero-order chi connectivity index (χ0) is 47.5. The molecule has 4 heterocycles. The summed E-state index contributed by atoms with van der Waals surface area (Å²) in [5.74, 6) is 1.20. The van der Waals surface area contributed by atoms with E-state index in [0.29, 0.717) is 56.5 Å². The number of benzene rings is 5. The molecule has 0 N–H and O–H groups in total. The van der Waals surface area contributed by atoms with E-state index in [1.54, 1.807) is 12.4 Å². The normalized spacial score (nSPS) is 13.1. The molecule has 5 aromatic carbocycles. The van der Waals surface area contributed by atoms with Crippen molar-refractivity contribution in [3.05, 3.63) is 160 Å². The quantitative estimate of drug-likeness (QED) is 0.149. The van der Waals surface area contributed by atoms with Gasteiger partial charge in [0.2, 0.25) is 0 Å². The van der Waals surface area contributed by atoms with Gasteiger partial charge < -0.3 is 13.8 Å². The Morgan fingerprint density at radius 3 is 1.94 bits per heavy atom. The van der Waals surface area contributed by atoms with Crippen LogP contribution in [0.25, 0.3) is 66.4 Å². The molecule has 0 amide bonds. The molecule has 9 aromatic rings. The van der Waals surface area contributed by atoms with Gasteiger partial charge in [0.1, 0.15) is 11.9 Å². The Morgan fingerprint density at radius 1 is 0.641 bits per heavy atom. The van der Waals surface area contributed by atoms with Gasteiger partial charge in [-0.05, 0) is 74.0 Å². The molecular weight excluding hydrogens is 963 g/mol. The molecule has 0 unspecified atom stereocenters. The zero-order valence-electron chi connectivity index (χ0n) is 42.2. The maximum absolute atomic E-state index is 8.40. The third-order valence-electron chi connectivity index (χ3n) is 12.2. The summed E-state index contributed by atoms with van der Waals surface area (Å²) >= 11 is 0. The summed E-state index contributed by atoms with van der Waals surface area (Å²) in [6.45, 7) is 24.1. The Kier molecular flexibility index (Phi) is 12.1. The van der Waals surface area contributed by atoms with Crippen molar-refractivity contribution in [2.24, 2.45) is 0 Å². The van der Waals surface area contributed by atoms with Crippen molar-refractivity contribution in [3.63, 3.8) is 0 Å². The molecule has 0 spiro atoms. The standard InChI is InChI=1S/C43H45N2O2.C15H16N.Ir/c1-23(2)28-19-33(24(3)4)35(34(20-28)25(5)6)18-27-12-11-13-29-30-16-17-32-38-26(7)14-15-31(36-21-37(43(8,9)10)45-22-44-36)40(38)47-42(32)41(30)46-39(27)29;1-15(2,3)13-9-10-14(16-11-13)12-7-5-4-6-8-12;/h11-14,16-17,19-25H,18H2,1-10H3;4-7,9-11H,1-3H3;/q2*-1;/i7D3;;. The molecule has 9 rings (SSSR count). The molecule has 5 nitrogen and oxygen atoms in total. The van der Waals surface area contributed by atoms with Crippen LogP contribution in [0.3, 0.4) is 0 Å². The first-order chi connectivity index (χ1) is 31.1. The van der Waals surface area contributed by atoms with Crippen molar-refractivity contribution in [2.45, 2.75) is 125 Å². The third-order valence-corrected chi connectivity index (χ3v) is 12.2. The number of para-hydroxylation sites is 1. The molecule has 1 radical (unpaired) electrons. The number of aryl methyl sites for hydroxylation is 1. The van der Waals surface area contributed by atoms with Crippen LogP contribution in [-0.2, 0) is 37.4 Å². The van der Waals surface area contributed by atoms with Crippen molar-refractivity contribution in [3.8, 4) is 22.5 Å². The summed E-state index contributed by atoms with van der Waals surface area (Å²) < 4.78 is 38.7. The minimum Gasteiger partial charge on any atom is -0.497 e. The zero-order valence-corrected chi connectivity index (χ0v) is 41.6. The number of rotatable bonds is 7. The Hall–Kier alpha value is -5.42. The number of hydrogen-bond acceptors (Lipinski definition) is 5. The summed E-state index contributed by atoms with van der Waals surface area (Å²) in [5.41, 5.74) is 14.5. The van der Waals surface area contributed by atoms with Gasteiger partial charge in [0.25, 0.3) is 0 Å². The van der Waals surface area contributed by atoms with Gasteiger partial charge in [-0.2, -0.15) is 0 Å². The minimum absolute atomic E-state index is 0. The molecule has 0 bridgehead atoms. The topological polar surface area (TPSA) is 65.0 Å². The van der Waals surface area contributed by atoms with E-state index in [0.717, 1.165) is 45.3 Å². The van der Waals surface area contributed by atoms with Gasteiger partial charge in [-0.15, -0.1) is 53.6 Å². The van der Waals surface area contributed by atoms with Crippen LogP contribution in [0.2, 0.25) is 0 Å². The van der Waals surface area contributed by atoms with Crippen molar-refractivity contribution in [1.29, 1.82) is 0 Å². The van der Waals surface area contributed by atoms with E-state index in [-0.39, 0.29) is 36.5 Å². The van der Waals surface area contributed by atoms with E-state index in [1.165, 1.54) is 27.8 Å². The summed E-state index contributed by atoms with van der Waals surface area (Å²) in [6.07, 6.45) is 4.24. The van der Waals surface area contributed by atoms with Crippen LogP contribution >= 0.6 is 0 Å². The number of nitrogens with zero attached hydrogens (tertiary/aromatic N) is 3. The van der Waals surface area contributed by atoms with Crippen LogP contribution in [-0.4, -0.2) is 15.0 Å². The van der Waals surface area contributed by atoms with Gasteiger partial charge in [-0.25, -0.2) is 4.98 Å². The van der Waals surface area contributed by atoms with Gasteiger partial charge in [-0.3, -0.25) is 4.98 Å². The fraction of sp³-hybridized carbons (Fsp3) is 0.328. The predicted octanol–water partition coefficient (Wildman–Crippen LogP) is 16.2. The second-order valence-corrected chi connectivity index (χ2v) is 19.9. The molecule has 0 saturated carbocycles.